The van der Waals surface area contributed by atoms with Crippen LogP contribution in [0.2, 0.25) is 25.3 Å². The summed E-state index contributed by atoms with van der Waals surface area (Å²) in [6, 6.07) is 46.3. The first kappa shape index (κ1) is 33.1. The fourth-order valence-electron chi connectivity index (χ4n) is 9.15. The minimum absolute atomic E-state index is 0.502. The number of hydrogen-bond donors (Lipinski definition) is 0. The summed E-state index contributed by atoms with van der Waals surface area (Å²) in [7, 11) is -2.92. The molecule has 0 bridgehead atoms. The van der Waals surface area contributed by atoms with Gasteiger partial charge in [-0.3, -0.25) is 0 Å². The average molecular weight is 629 g/mol. The summed E-state index contributed by atoms with van der Waals surface area (Å²) in [5, 5.41) is 6.61. The molecule has 2 aliphatic heterocycles. The average Bonchev–Trinajstić information content (AvgIpc) is 3.60. The molecule has 236 valence electrons. The van der Waals surface area contributed by atoms with Crippen LogP contribution >= 0.6 is 0 Å². The lowest BCUT2D eigenvalue weighted by atomic mass is 9.39. The molecule has 0 unspecified atom stereocenters. The molecule has 0 radical (unpaired) electrons. The summed E-state index contributed by atoms with van der Waals surface area (Å²) in [5.74, 6) is 0. The largest absolute Gasteiger partial charge is 0.181 e. The van der Waals surface area contributed by atoms with Gasteiger partial charge < -0.3 is 0 Å². The van der Waals surface area contributed by atoms with Crippen molar-refractivity contribution in [3.63, 3.8) is 0 Å². The van der Waals surface area contributed by atoms with Gasteiger partial charge in [0.25, 0.3) is 0 Å². The van der Waals surface area contributed by atoms with Gasteiger partial charge in [-0.1, -0.05) is 210 Å². The van der Waals surface area contributed by atoms with Gasteiger partial charge >= 0.3 is 0 Å². The molecule has 3 heteroatoms. The summed E-state index contributed by atoms with van der Waals surface area (Å²) >= 11 is 0. The highest BCUT2D eigenvalue weighted by molar-refractivity contribution is 7.35. The van der Waals surface area contributed by atoms with E-state index in [4.69, 9.17) is 0 Å². The van der Waals surface area contributed by atoms with Gasteiger partial charge in [0.05, 0.1) is 0 Å². The first-order chi connectivity index (χ1) is 23.1. The zero-order valence-electron chi connectivity index (χ0n) is 29.4. The number of hydrogen-bond acceptors (Lipinski definition) is 0. The van der Waals surface area contributed by atoms with E-state index in [0.29, 0.717) is 13.4 Å². The van der Waals surface area contributed by atoms with Crippen LogP contribution in [0, 0.1) is 0 Å². The summed E-state index contributed by atoms with van der Waals surface area (Å²) in [5.41, 5.74) is 12.2. The number of allylic oxidation sites excluding steroid dienone is 4. The first-order valence-corrected chi connectivity index (χ1v) is 20.3. The third kappa shape index (κ3) is 5.41. The standard InChI is InChI=1S/C44H50B2Si/c1-7-37-39(45(9-3)10-4)43(35-29-21-15-22-30-35)47(41(37)33-25-17-13-18-26-33)42(34-27-19-14-20-28-34)38(8-2)40(46(11-5)12-6)44(47)36-31-23-16-24-32-36/h13-32H,7-12H2,1-6H3. The summed E-state index contributed by atoms with van der Waals surface area (Å²) in [4.78, 5) is 0. The van der Waals surface area contributed by atoms with Gasteiger partial charge in [0.1, 0.15) is 0 Å². The van der Waals surface area contributed by atoms with Crippen molar-refractivity contribution >= 4 is 42.3 Å². The van der Waals surface area contributed by atoms with E-state index < -0.39 is 8.07 Å². The smallest absolute Gasteiger partial charge is 0.0760 e. The topological polar surface area (TPSA) is 0 Å². The fraction of sp³-hybridized carbons (Fsp3) is 0.273. The Morgan fingerprint density at radius 1 is 0.362 bits per heavy atom. The highest BCUT2D eigenvalue weighted by atomic mass is 28.3. The van der Waals surface area contributed by atoms with Crippen LogP contribution in [0.15, 0.2) is 143 Å². The van der Waals surface area contributed by atoms with Crippen LogP contribution in [0.25, 0.3) is 20.8 Å². The molecule has 47 heavy (non-hydrogen) atoms. The van der Waals surface area contributed by atoms with Gasteiger partial charge in [-0.25, -0.2) is 0 Å². The first-order valence-electron chi connectivity index (χ1n) is 18.3. The lowest BCUT2D eigenvalue weighted by molar-refractivity contribution is 1.14. The van der Waals surface area contributed by atoms with Gasteiger partial charge in [-0.2, -0.15) is 0 Å². The zero-order chi connectivity index (χ0) is 33.0. The SMILES string of the molecule is CCB(CC)C1=C(c2ccccc2)[Si]2(C(c3ccccc3)=C1CC)C(c1ccccc1)=C(CC)C(B(CC)CC)=C2c1ccccc1. The second-order valence-electron chi connectivity index (χ2n) is 13.2. The molecule has 1 spiro atoms. The van der Waals surface area contributed by atoms with Crippen molar-refractivity contribution in [1.82, 2.24) is 0 Å². The van der Waals surface area contributed by atoms with Crippen molar-refractivity contribution < 1.29 is 0 Å². The molecule has 2 aliphatic rings. The van der Waals surface area contributed by atoms with Crippen molar-refractivity contribution in [2.75, 3.05) is 0 Å². The van der Waals surface area contributed by atoms with E-state index in [1.54, 1.807) is 42.9 Å². The van der Waals surface area contributed by atoms with Crippen molar-refractivity contribution in [2.45, 2.75) is 79.7 Å². The van der Waals surface area contributed by atoms with Crippen LogP contribution in [0.5, 0.6) is 0 Å². The van der Waals surface area contributed by atoms with Gasteiger partial charge in [-0.15, -0.1) is 0 Å². The van der Waals surface area contributed by atoms with Crippen molar-refractivity contribution in [1.29, 1.82) is 0 Å². The van der Waals surface area contributed by atoms with E-state index in [1.165, 1.54) is 22.3 Å². The van der Waals surface area contributed by atoms with Gasteiger partial charge in [-0.05, 0) is 55.9 Å². The molecular weight excluding hydrogens is 578 g/mol. The Bertz CT molecular complexity index is 1670. The summed E-state index contributed by atoms with van der Waals surface area (Å²) < 4.78 is 0. The molecule has 0 nitrogen and oxygen atoms in total. The number of benzene rings is 4. The van der Waals surface area contributed by atoms with E-state index in [1.807, 2.05) is 0 Å². The van der Waals surface area contributed by atoms with Crippen molar-refractivity contribution in [3.8, 4) is 0 Å². The maximum Gasteiger partial charge on any atom is 0.181 e. The zero-order valence-corrected chi connectivity index (χ0v) is 30.4. The monoisotopic (exact) mass is 628 g/mol. The normalized spacial score (nSPS) is 15.8. The highest BCUT2D eigenvalue weighted by Gasteiger charge is 2.60. The molecule has 2 heterocycles. The predicted octanol–water partition coefficient (Wildman–Crippen LogP) is 12.4. The quantitative estimate of drug-likeness (QED) is 0.137. The number of rotatable bonds is 12. The second kappa shape index (κ2) is 14.5. The summed E-state index contributed by atoms with van der Waals surface area (Å²) in [6.45, 7) is 15.5. The molecule has 4 aromatic rings. The van der Waals surface area contributed by atoms with Gasteiger partial charge in [0.2, 0.25) is 0 Å². The van der Waals surface area contributed by atoms with Crippen molar-refractivity contribution in [2.24, 2.45) is 0 Å². The highest BCUT2D eigenvalue weighted by Crippen LogP contribution is 2.65. The molecule has 0 N–H and O–H groups in total. The Kier molecular flexibility index (Phi) is 10.2. The lowest BCUT2D eigenvalue weighted by Gasteiger charge is -2.38. The lowest BCUT2D eigenvalue weighted by Crippen LogP contribution is -2.40. The molecule has 0 aliphatic carbocycles. The minimum Gasteiger partial charge on any atom is -0.0760 e. The van der Waals surface area contributed by atoms with Gasteiger partial charge in [0, 0.05) is 0 Å². The summed E-state index contributed by atoms with van der Waals surface area (Å²) in [6.07, 6.45) is 6.65. The van der Waals surface area contributed by atoms with Crippen LogP contribution in [0.4, 0.5) is 0 Å². The van der Waals surface area contributed by atoms with Crippen LogP contribution in [0.1, 0.15) is 76.6 Å². The van der Waals surface area contributed by atoms with Crippen molar-refractivity contribution in [3.05, 3.63) is 166 Å². The van der Waals surface area contributed by atoms with E-state index >= 15 is 0 Å². The van der Waals surface area contributed by atoms with Crippen LogP contribution in [-0.2, 0) is 0 Å². The Morgan fingerprint density at radius 2 is 0.617 bits per heavy atom. The molecule has 0 fully saturated rings. The Hall–Kier alpha value is -3.81. The van der Waals surface area contributed by atoms with E-state index in [9.17, 15) is 0 Å². The molecule has 0 saturated heterocycles. The van der Waals surface area contributed by atoms with E-state index in [-0.39, 0.29) is 0 Å². The molecule has 0 saturated carbocycles. The molecule has 4 aromatic carbocycles. The van der Waals surface area contributed by atoms with Crippen LogP contribution in [0.3, 0.4) is 0 Å². The van der Waals surface area contributed by atoms with Crippen LogP contribution < -0.4 is 0 Å². The van der Waals surface area contributed by atoms with Crippen LogP contribution in [-0.4, -0.2) is 21.5 Å². The molecule has 0 aromatic heterocycles. The Morgan fingerprint density at radius 3 is 0.851 bits per heavy atom. The maximum atomic E-state index is 2.43. The van der Waals surface area contributed by atoms with Gasteiger partial charge in [0.15, 0.2) is 21.5 Å². The van der Waals surface area contributed by atoms with E-state index in [0.717, 1.165) is 38.1 Å². The Balaban J connectivity index is 1.96. The molecule has 0 atom stereocenters. The molecular formula is C44H50B2Si. The molecule has 0 amide bonds. The minimum atomic E-state index is -2.92. The third-order valence-corrected chi connectivity index (χ3v) is 16.3. The third-order valence-electron chi connectivity index (χ3n) is 11.0. The maximum absolute atomic E-state index is 2.92. The van der Waals surface area contributed by atoms with E-state index in [2.05, 4.69) is 163 Å². The Labute approximate surface area is 286 Å². The fourth-order valence-corrected chi connectivity index (χ4v) is 16.1. The predicted molar refractivity (Wildman–Crippen MR) is 213 cm³/mol. The second-order valence-corrected chi connectivity index (χ2v) is 16.7. The molecule has 6 rings (SSSR count).